The molecule has 2 aromatic heterocycles. The van der Waals surface area contributed by atoms with Gasteiger partial charge in [0.1, 0.15) is 5.82 Å². The van der Waals surface area contributed by atoms with Crippen LogP contribution < -0.4 is 5.32 Å². The van der Waals surface area contributed by atoms with Crippen molar-refractivity contribution in [1.82, 2.24) is 14.8 Å². The lowest BCUT2D eigenvalue weighted by Crippen LogP contribution is -2.03. The normalized spacial score (nSPS) is 10.5. The van der Waals surface area contributed by atoms with Gasteiger partial charge < -0.3 is 5.32 Å². The van der Waals surface area contributed by atoms with E-state index in [0.29, 0.717) is 0 Å². The van der Waals surface area contributed by atoms with E-state index in [-0.39, 0.29) is 0 Å². The molecular weight excluding hydrogens is 268 g/mol. The lowest BCUT2D eigenvalue weighted by atomic mass is 10.4. The van der Waals surface area contributed by atoms with Gasteiger partial charge in [-0.15, -0.1) is 0 Å². The van der Waals surface area contributed by atoms with E-state index in [4.69, 9.17) is 0 Å². The third-order valence-electron chi connectivity index (χ3n) is 2.41. The number of halogens is 1. The molecule has 2 rings (SSSR count). The van der Waals surface area contributed by atoms with Crippen molar-refractivity contribution in [2.24, 2.45) is 0 Å². The predicted octanol–water partition coefficient (Wildman–Crippen LogP) is 2.69. The smallest absolute Gasteiger partial charge is 0.156 e. The van der Waals surface area contributed by atoms with Crippen LogP contribution >= 0.6 is 15.9 Å². The summed E-state index contributed by atoms with van der Waals surface area (Å²) in [5, 5.41) is 7.45. The number of hydrogen-bond acceptors (Lipinski definition) is 3. The SMILES string of the molecule is CNc1cccc(-n2nc(C)c(Br)c2C)n1. The van der Waals surface area contributed by atoms with E-state index < -0.39 is 0 Å². The molecule has 84 valence electrons. The Hall–Kier alpha value is -1.36. The fourth-order valence-corrected chi connectivity index (χ4v) is 1.77. The second-order valence-corrected chi connectivity index (χ2v) is 4.32. The zero-order chi connectivity index (χ0) is 11.7. The number of aromatic nitrogens is 3. The van der Waals surface area contributed by atoms with Crippen LogP contribution in [0.3, 0.4) is 0 Å². The number of hydrogen-bond donors (Lipinski definition) is 1. The molecule has 2 heterocycles. The van der Waals surface area contributed by atoms with Crippen LogP contribution in [0.15, 0.2) is 22.7 Å². The van der Waals surface area contributed by atoms with E-state index in [1.54, 1.807) is 0 Å². The molecule has 0 aromatic carbocycles. The molecule has 0 bridgehead atoms. The van der Waals surface area contributed by atoms with Crippen molar-refractivity contribution in [3.8, 4) is 5.82 Å². The van der Waals surface area contributed by atoms with Crippen molar-refractivity contribution in [3.63, 3.8) is 0 Å². The Morgan fingerprint density at radius 3 is 2.62 bits per heavy atom. The summed E-state index contributed by atoms with van der Waals surface area (Å²) in [5.41, 5.74) is 2.02. The fourth-order valence-electron chi connectivity index (χ4n) is 1.53. The van der Waals surface area contributed by atoms with Crippen molar-refractivity contribution < 1.29 is 0 Å². The highest BCUT2D eigenvalue weighted by Gasteiger charge is 2.10. The molecule has 0 fully saturated rings. The summed E-state index contributed by atoms with van der Waals surface area (Å²) in [6, 6.07) is 5.81. The van der Waals surface area contributed by atoms with Crippen LogP contribution in [0.1, 0.15) is 11.4 Å². The molecule has 0 aliphatic heterocycles. The maximum atomic E-state index is 4.45. The van der Waals surface area contributed by atoms with Crippen LogP contribution in [0.25, 0.3) is 5.82 Å². The second kappa shape index (κ2) is 4.25. The highest BCUT2D eigenvalue weighted by molar-refractivity contribution is 9.10. The summed E-state index contributed by atoms with van der Waals surface area (Å²) >= 11 is 3.51. The van der Waals surface area contributed by atoms with Gasteiger partial charge in [-0.25, -0.2) is 9.67 Å². The summed E-state index contributed by atoms with van der Waals surface area (Å²) in [6.07, 6.45) is 0. The highest BCUT2D eigenvalue weighted by atomic mass is 79.9. The van der Waals surface area contributed by atoms with Crippen molar-refractivity contribution >= 4 is 21.7 Å². The van der Waals surface area contributed by atoms with Gasteiger partial charge in [-0.1, -0.05) is 6.07 Å². The van der Waals surface area contributed by atoms with Gasteiger partial charge in [0.05, 0.1) is 15.9 Å². The molecule has 0 radical (unpaired) electrons. The lowest BCUT2D eigenvalue weighted by molar-refractivity contribution is 0.807. The average Bonchev–Trinajstić information content (AvgIpc) is 2.57. The van der Waals surface area contributed by atoms with E-state index in [0.717, 1.165) is 27.5 Å². The Morgan fingerprint density at radius 2 is 2.06 bits per heavy atom. The van der Waals surface area contributed by atoms with E-state index in [1.165, 1.54) is 0 Å². The summed E-state index contributed by atoms with van der Waals surface area (Å²) in [6.45, 7) is 3.98. The van der Waals surface area contributed by atoms with Crippen molar-refractivity contribution in [2.45, 2.75) is 13.8 Å². The maximum Gasteiger partial charge on any atom is 0.156 e. The number of aryl methyl sites for hydroxylation is 1. The first-order valence-electron chi connectivity index (χ1n) is 5.00. The third kappa shape index (κ3) is 1.82. The number of anilines is 1. The van der Waals surface area contributed by atoms with E-state index in [2.05, 4.69) is 31.3 Å². The molecule has 16 heavy (non-hydrogen) atoms. The van der Waals surface area contributed by atoms with Crippen molar-refractivity contribution in [1.29, 1.82) is 0 Å². The monoisotopic (exact) mass is 280 g/mol. The Bertz CT molecular complexity index is 519. The topological polar surface area (TPSA) is 42.7 Å². The molecule has 0 saturated carbocycles. The van der Waals surface area contributed by atoms with E-state index >= 15 is 0 Å². The Balaban J connectivity index is 2.54. The summed E-state index contributed by atoms with van der Waals surface area (Å²) < 4.78 is 2.87. The highest BCUT2D eigenvalue weighted by Crippen LogP contribution is 2.22. The molecule has 0 unspecified atom stereocenters. The van der Waals surface area contributed by atoms with Gasteiger partial charge in [-0.2, -0.15) is 5.10 Å². The minimum Gasteiger partial charge on any atom is -0.373 e. The molecule has 2 aromatic rings. The first-order chi connectivity index (χ1) is 7.63. The van der Waals surface area contributed by atoms with Crippen LogP contribution in [0, 0.1) is 13.8 Å². The van der Waals surface area contributed by atoms with Gasteiger partial charge in [0, 0.05) is 7.05 Å². The molecule has 0 amide bonds. The maximum absolute atomic E-state index is 4.45. The Labute approximate surface area is 103 Å². The molecule has 4 nitrogen and oxygen atoms in total. The van der Waals surface area contributed by atoms with Gasteiger partial charge in [0.2, 0.25) is 0 Å². The first-order valence-corrected chi connectivity index (χ1v) is 5.79. The Morgan fingerprint density at radius 1 is 1.31 bits per heavy atom. The van der Waals surface area contributed by atoms with Crippen LogP contribution in [0.4, 0.5) is 5.82 Å². The van der Waals surface area contributed by atoms with Crippen LogP contribution in [-0.4, -0.2) is 21.8 Å². The van der Waals surface area contributed by atoms with Gasteiger partial charge >= 0.3 is 0 Å². The molecule has 0 aliphatic rings. The first kappa shape index (κ1) is 11.1. The summed E-state index contributed by atoms with van der Waals surface area (Å²) in [4.78, 5) is 4.45. The van der Waals surface area contributed by atoms with Crippen LogP contribution in [0.2, 0.25) is 0 Å². The lowest BCUT2D eigenvalue weighted by Gasteiger charge is -2.05. The molecular formula is C11H13BrN4. The standard InChI is InChI=1S/C11H13BrN4/c1-7-11(12)8(2)16(15-7)10-6-4-5-9(13-3)14-10/h4-6H,1-3H3,(H,13,14). The average molecular weight is 281 g/mol. The quantitative estimate of drug-likeness (QED) is 0.920. The number of pyridine rings is 1. The fraction of sp³-hybridized carbons (Fsp3) is 0.273. The molecule has 0 aliphatic carbocycles. The molecule has 5 heteroatoms. The number of nitrogens with zero attached hydrogens (tertiary/aromatic N) is 3. The van der Waals surface area contributed by atoms with Crippen LogP contribution in [-0.2, 0) is 0 Å². The second-order valence-electron chi connectivity index (χ2n) is 3.53. The van der Waals surface area contributed by atoms with E-state index in [1.807, 2.05) is 43.8 Å². The molecule has 0 spiro atoms. The van der Waals surface area contributed by atoms with Crippen molar-refractivity contribution in [3.05, 3.63) is 34.1 Å². The van der Waals surface area contributed by atoms with E-state index in [9.17, 15) is 0 Å². The van der Waals surface area contributed by atoms with Gasteiger partial charge in [0.15, 0.2) is 5.82 Å². The summed E-state index contributed by atoms with van der Waals surface area (Å²) in [5.74, 6) is 1.65. The molecule has 0 saturated heterocycles. The minimum atomic E-state index is 0.818. The van der Waals surface area contributed by atoms with Crippen LogP contribution in [0.5, 0.6) is 0 Å². The zero-order valence-electron chi connectivity index (χ0n) is 9.45. The van der Waals surface area contributed by atoms with Crippen molar-refractivity contribution in [2.75, 3.05) is 12.4 Å². The largest absolute Gasteiger partial charge is 0.373 e. The summed E-state index contributed by atoms with van der Waals surface area (Å²) in [7, 11) is 1.85. The van der Waals surface area contributed by atoms with Gasteiger partial charge in [0.25, 0.3) is 0 Å². The predicted molar refractivity (Wildman–Crippen MR) is 68.1 cm³/mol. The minimum absolute atomic E-state index is 0.818. The molecule has 1 N–H and O–H groups in total. The van der Waals surface area contributed by atoms with Gasteiger partial charge in [-0.3, -0.25) is 0 Å². The number of rotatable bonds is 2. The third-order valence-corrected chi connectivity index (χ3v) is 3.56. The molecule has 0 atom stereocenters. The number of nitrogens with one attached hydrogen (secondary N) is 1. The zero-order valence-corrected chi connectivity index (χ0v) is 11.0. The Kier molecular flexibility index (Phi) is 2.96. The van der Waals surface area contributed by atoms with Gasteiger partial charge in [-0.05, 0) is 41.9 Å².